The van der Waals surface area contributed by atoms with E-state index in [2.05, 4.69) is 10.3 Å². The van der Waals surface area contributed by atoms with Crippen LogP contribution >= 0.6 is 0 Å². The first-order valence-electron chi connectivity index (χ1n) is 6.32. The minimum atomic E-state index is -0.495. The van der Waals surface area contributed by atoms with Gasteiger partial charge in [0.05, 0.1) is 0 Å². The van der Waals surface area contributed by atoms with Crippen molar-refractivity contribution in [2.24, 2.45) is 0 Å². The molecule has 4 nitrogen and oxygen atoms in total. The van der Waals surface area contributed by atoms with Crippen LogP contribution < -0.4 is 10.9 Å². The van der Waals surface area contributed by atoms with Gasteiger partial charge in [-0.15, -0.1) is 0 Å². The number of pyridine rings is 1. The van der Waals surface area contributed by atoms with E-state index in [-0.39, 0.29) is 11.1 Å². The van der Waals surface area contributed by atoms with Crippen LogP contribution in [0.25, 0.3) is 10.8 Å². The van der Waals surface area contributed by atoms with Gasteiger partial charge in [0, 0.05) is 11.1 Å². The lowest BCUT2D eigenvalue weighted by molar-refractivity contribution is 0.102. The van der Waals surface area contributed by atoms with Gasteiger partial charge in [0.25, 0.3) is 11.5 Å². The molecule has 0 spiro atoms. The number of H-pyrrole nitrogens is 1. The summed E-state index contributed by atoms with van der Waals surface area (Å²) in [6, 6.07) is 14.3. The van der Waals surface area contributed by atoms with Crippen LogP contribution in [0.4, 0.5) is 10.1 Å². The molecule has 1 aromatic heterocycles. The Labute approximate surface area is 119 Å². The second-order valence-corrected chi connectivity index (χ2v) is 4.56. The monoisotopic (exact) mass is 282 g/mol. The summed E-state index contributed by atoms with van der Waals surface area (Å²) in [5, 5.41) is 3.40. The first-order valence-corrected chi connectivity index (χ1v) is 6.32. The van der Waals surface area contributed by atoms with E-state index in [1.165, 1.54) is 18.2 Å². The van der Waals surface area contributed by atoms with E-state index >= 15 is 0 Å². The summed E-state index contributed by atoms with van der Waals surface area (Å²) < 4.78 is 13.1. The predicted octanol–water partition coefficient (Wildman–Crippen LogP) is 2.92. The van der Waals surface area contributed by atoms with Gasteiger partial charge in [0.1, 0.15) is 11.5 Å². The van der Waals surface area contributed by atoms with E-state index in [9.17, 15) is 14.0 Å². The molecule has 0 fully saturated rings. The second-order valence-electron chi connectivity index (χ2n) is 4.56. The van der Waals surface area contributed by atoms with Crippen molar-refractivity contribution in [2.75, 3.05) is 5.32 Å². The van der Waals surface area contributed by atoms with Gasteiger partial charge >= 0.3 is 0 Å². The highest BCUT2D eigenvalue weighted by Crippen LogP contribution is 2.13. The quantitative estimate of drug-likeness (QED) is 0.759. The predicted molar refractivity (Wildman–Crippen MR) is 78.9 cm³/mol. The number of hydrogen-bond donors (Lipinski definition) is 2. The number of rotatable bonds is 2. The van der Waals surface area contributed by atoms with Crippen LogP contribution in [0.3, 0.4) is 0 Å². The van der Waals surface area contributed by atoms with Crippen LogP contribution in [0.2, 0.25) is 0 Å². The van der Waals surface area contributed by atoms with Gasteiger partial charge in [0.15, 0.2) is 0 Å². The highest BCUT2D eigenvalue weighted by Gasteiger charge is 2.10. The molecule has 2 aromatic carbocycles. The molecule has 0 aliphatic heterocycles. The van der Waals surface area contributed by atoms with Crippen molar-refractivity contribution in [3.05, 3.63) is 76.5 Å². The zero-order chi connectivity index (χ0) is 14.8. The third kappa shape index (κ3) is 2.67. The number of hydrogen-bond acceptors (Lipinski definition) is 2. The highest BCUT2D eigenvalue weighted by molar-refractivity contribution is 6.04. The van der Waals surface area contributed by atoms with E-state index in [1.807, 2.05) is 6.07 Å². The summed E-state index contributed by atoms with van der Waals surface area (Å²) in [6.07, 6.45) is 0. The van der Waals surface area contributed by atoms with E-state index < -0.39 is 17.3 Å². The Morgan fingerprint density at radius 1 is 1.05 bits per heavy atom. The number of benzene rings is 2. The van der Waals surface area contributed by atoms with E-state index in [0.29, 0.717) is 11.1 Å². The Hall–Kier alpha value is -2.95. The van der Waals surface area contributed by atoms with Crippen molar-refractivity contribution in [1.29, 1.82) is 0 Å². The average molecular weight is 282 g/mol. The number of aromatic amines is 1. The molecule has 5 heteroatoms. The number of halogens is 1. The molecule has 3 aromatic rings. The number of carbonyl (C=O) groups is 1. The Kier molecular flexibility index (Phi) is 3.23. The third-order valence-electron chi connectivity index (χ3n) is 3.08. The van der Waals surface area contributed by atoms with Gasteiger partial charge in [-0.25, -0.2) is 4.39 Å². The van der Waals surface area contributed by atoms with Crippen molar-refractivity contribution >= 4 is 22.4 Å². The fourth-order valence-electron chi connectivity index (χ4n) is 2.07. The molecule has 3 rings (SSSR count). The smallest absolute Gasteiger partial charge is 0.272 e. The van der Waals surface area contributed by atoms with E-state index in [4.69, 9.17) is 0 Å². The van der Waals surface area contributed by atoms with Crippen LogP contribution in [0, 0.1) is 5.82 Å². The van der Waals surface area contributed by atoms with Crippen molar-refractivity contribution < 1.29 is 9.18 Å². The SMILES string of the molecule is O=C(Nc1ccccc1)c1cc2ccc(F)cc2c(=O)[nH]1. The van der Waals surface area contributed by atoms with Crippen LogP contribution in [0.5, 0.6) is 0 Å². The standard InChI is InChI=1S/C16H11FN2O2/c17-11-7-6-10-8-14(19-15(20)13(10)9-11)16(21)18-12-4-2-1-3-5-12/h1-9H,(H,18,21)(H,19,20). The summed E-state index contributed by atoms with van der Waals surface area (Å²) in [6.45, 7) is 0. The summed E-state index contributed by atoms with van der Waals surface area (Å²) in [5.41, 5.74) is 0.260. The van der Waals surface area contributed by atoms with E-state index in [0.717, 1.165) is 6.07 Å². The van der Waals surface area contributed by atoms with Gasteiger partial charge in [-0.1, -0.05) is 24.3 Å². The van der Waals surface area contributed by atoms with Gasteiger partial charge in [0.2, 0.25) is 0 Å². The molecule has 0 atom stereocenters. The minimum absolute atomic E-state index is 0.128. The molecule has 0 aliphatic carbocycles. The third-order valence-corrected chi connectivity index (χ3v) is 3.08. The normalized spacial score (nSPS) is 10.5. The van der Waals surface area contributed by atoms with Gasteiger partial charge in [-0.05, 0) is 35.7 Å². The fourth-order valence-corrected chi connectivity index (χ4v) is 2.07. The Morgan fingerprint density at radius 3 is 2.57 bits per heavy atom. The molecule has 0 saturated heterocycles. The Balaban J connectivity index is 1.99. The maximum absolute atomic E-state index is 13.1. The first-order chi connectivity index (χ1) is 10.1. The molecule has 0 saturated carbocycles. The van der Waals surface area contributed by atoms with Crippen molar-refractivity contribution in [1.82, 2.24) is 4.98 Å². The molecule has 104 valence electrons. The average Bonchev–Trinajstić information content (AvgIpc) is 2.49. The van der Waals surface area contributed by atoms with E-state index in [1.54, 1.807) is 24.3 Å². The molecule has 0 unspecified atom stereocenters. The highest BCUT2D eigenvalue weighted by atomic mass is 19.1. The maximum Gasteiger partial charge on any atom is 0.272 e. The molecule has 0 aliphatic rings. The number of nitrogens with one attached hydrogen (secondary N) is 2. The van der Waals surface area contributed by atoms with Crippen LogP contribution in [-0.4, -0.2) is 10.9 Å². The lowest BCUT2D eigenvalue weighted by Crippen LogP contribution is -2.18. The number of fused-ring (bicyclic) bond motifs is 1. The number of amides is 1. The van der Waals surface area contributed by atoms with Crippen LogP contribution in [-0.2, 0) is 0 Å². The topological polar surface area (TPSA) is 62.0 Å². The summed E-state index contributed by atoms with van der Waals surface area (Å²) >= 11 is 0. The first kappa shape index (κ1) is 13.1. The molecular weight excluding hydrogens is 271 g/mol. The minimum Gasteiger partial charge on any atom is -0.321 e. The molecule has 1 heterocycles. The number of para-hydroxylation sites is 1. The van der Waals surface area contributed by atoms with Gasteiger partial charge in [-0.3, -0.25) is 9.59 Å². The lowest BCUT2D eigenvalue weighted by Gasteiger charge is -2.06. The number of carbonyl (C=O) groups excluding carboxylic acids is 1. The lowest BCUT2D eigenvalue weighted by atomic mass is 10.1. The zero-order valence-corrected chi connectivity index (χ0v) is 10.9. The molecule has 21 heavy (non-hydrogen) atoms. The second kappa shape index (κ2) is 5.20. The van der Waals surface area contributed by atoms with Crippen LogP contribution in [0.1, 0.15) is 10.5 Å². The number of aromatic nitrogens is 1. The maximum atomic E-state index is 13.1. The number of anilines is 1. The summed E-state index contributed by atoms with van der Waals surface area (Å²) in [7, 11) is 0. The summed E-state index contributed by atoms with van der Waals surface area (Å²) in [4.78, 5) is 26.5. The van der Waals surface area contributed by atoms with Crippen LogP contribution in [0.15, 0.2) is 59.4 Å². The molecular formula is C16H11FN2O2. The zero-order valence-electron chi connectivity index (χ0n) is 10.9. The Bertz CT molecular complexity index is 872. The molecule has 1 amide bonds. The largest absolute Gasteiger partial charge is 0.321 e. The van der Waals surface area contributed by atoms with Crippen molar-refractivity contribution in [2.45, 2.75) is 0 Å². The van der Waals surface area contributed by atoms with Gasteiger partial charge < -0.3 is 10.3 Å². The van der Waals surface area contributed by atoms with Crippen molar-refractivity contribution in [3.8, 4) is 0 Å². The molecule has 2 N–H and O–H groups in total. The summed E-state index contributed by atoms with van der Waals surface area (Å²) in [5.74, 6) is -0.918. The van der Waals surface area contributed by atoms with Gasteiger partial charge in [-0.2, -0.15) is 0 Å². The molecule has 0 radical (unpaired) electrons. The molecule has 0 bridgehead atoms. The Morgan fingerprint density at radius 2 is 1.81 bits per heavy atom. The fraction of sp³-hybridized carbons (Fsp3) is 0. The van der Waals surface area contributed by atoms with Crippen molar-refractivity contribution in [3.63, 3.8) is 0 Å².